The second-order valence-electron chi connectivity index (χ2n) is 6.18. The molecule has 0 spiro atoms. The molecule has 0 bridgehead atoms. The summed E-state index contributed by atoms with van der Waals surface area (Å²) in [6.45, 7) is 0.116. The Hall–Kier alpha value is -3.80. The number of hydrogen-bond acceptors (Lipinski definition) is 4. The summed E-state index contributed by atoms with van der Waals surface area (Å²) in [6, 6.07) is 23.1. The van der Waals surface area contributed by atoms with Gasteiger partial charge in [0.25, 0.3) is 5.69 Å². The van der Waals surface area contributed by atoms with Gasteiger partial charge in [-0.05, 0) is 24.3 Å². The number of ether oxygens (including phenoxy) is 1. The lowest BCUT2D eigenvalue weighted by Gasteiger charge is -2.15. The van der Waals surface area contributed by atoms with Crippen molar-refractivity contribution in [1.29, 1.82) is 0 Å². The third kappa shape index (κ3) is 3.05. The van der Waals surface area contributed by atoms with Crippen LogP contribution in [0.3, 0.4) is 0 Å². The van der Waals surface area contributed by atoms with Crippen molar-refractivity contribution in [3.63, 3.8) is 0 Å². The summed E-state index contributed by atoms with van der Waals surface area (Å²) in [5, 5.41) is 12.9. The predicted octanol–water partition coefficient (Wildman–Crippen LogP) is 2.94. The molecule has 1 heterocycles. The van der Waals surface area contributed by atoms with Gasteiger partial charge in [0, 0.05) is 11.6 Å². The minimum absolute atomic E-state index is 0.0133. The van der Waals surface area contributed by atoms with Gasteiger partial charge in [0.05, 0.1) is 12.7 Å². The van der Waals surface area contributed by atoms with Crippen LogP contribution in [0.4, 0.5) is 0 Å². The Labute approximate surface area is 161 Å². The summed E-state index contributed by atoms with van der Waals surface area (Å²) in [4.78, 5) is 19.0. The Bertz CT molecular complexity index is 1190. The van der Waals surface area contributed by atoms with Crippen LogP contribution < -0.4 is 19.9 Å². The van der Waals surface area contributed by atoms with Crippen molar-refractivity contribution in [2.75, 3.05) is 7.11 Å². The molecule has 0 amide bonds. The first-order chi connectivity index (χ1) is 13.7. The maximum atomic E-state index is 13.2. The fourth-order valence-electron chi connectivity index (χ4n) is 3.14. The highest BCUT2D eigenvalue weighted by Gasteiger charge is 2.23. The van der Waals surface area contributed by atoms with E-state index in [1.165, 1.54) is 4.73 Å². The van der Waals surface area contributed by atoms with Gasteiger partial charge >= 0.3 is 5.56 Å². The van der Waals surface area contributed by atoms with Gasteiger partial charge < -0.3 is 14.8 Å². The molecule has 0 aliphatic rings. The Morgan fingerprint density at radius 2 is 1.61 bits per heavy atom. The van der Waals surface area contributed by atoms with E-state index < -0.39 is 5.56 Å². The van der Waals surface area contributed by atoms with Crippen molar-refractivity contribution in [1.82, 2.24) is 4.73 Å². The van der Waals surface area contributed by atoms with Crippen LogP contribution in [-0.4, -0.2) is 11.8 Å². The molecule has 4 rings (SSSR count). The normalized spacial score (nSPS) is 10.8. The molecule has 0 aliphatic heterocycles. The van der Waals surface area contributed by atoms with Crippen LogP contribution in [0.25, 0.3) is 22.3 Å². The lowest BCUT2D eigenvalue weighted by molar-refractivity contribution is -0.566. The van der Waals surface area contributed by atoms with Crippen LogP contribution >= 0.6 is 0 Å². The van der Waals surface area contributed by atoms with E-state index >= 15 is 0 Å². The van der Waals surface area contributed by atoms with E-state index in [-0.39, 0.29) is 12.3 Å². The first kappa shape index (κ1) is 17.6. The number of rotatable bonds is 5. The van der Waals surface area contributed by atoms with E-state index in [9.17, 15) is 10.0 Å². The highest BCUT2D eigenvalue weighted by Crippen LogP contribution is 2.19. The van der Waals surface area contributed by atoms with Crippen molar-refractivity contribution in [2.45, 2.75) is 6.61 Å². The summed E-state index contributed by atoms with van der Waals surface area (Å²) in [7, 11) is 1.58. The average Bonchev–Trinajstić information content (AvgIpc) is 2.75. The van der Waals surface area contributed by atoms with Gasteiger partial charge in [-0.25, -0.2) is 0 Å². The molecule has 0 atom stereocenters. The number of benzene rings is 3. The number of para-hydroxylation sites is 3. The molecular formula is C22H18N2O4. The van der Waals surface area contributed by atoms with Gasteiger partial charge in [0.2, 0.25) is 5.52 Å². The Kier molecular flexibility index (Phi) is 4.68. The minimum atomic E-state index is -0.519. The highest BCUT2D eigenvalue weighted by atomic mass is 16.7. The molecule has 1 aromatic heterocycles. The third-order valence-electron chi connectivity index (χ3n) is 4.50. The van der Waals surface area contributed by atoms with Crippen LogP contribution in [0.2, 0.25) is 0 Å². The van der Waals surface area contributed by atoms with Gasteiger partial charge in [-0.2, -0.15) is 4.73 Å². The van der Waals surface area contributed by atoms with Crippen molar-refractivity contribution in [3.8, 4) is 17.0 Å². The fraction of sp³-hybridized carbons (Fsp3) is 0.0909. The monoisotopic (exact) mass is 374 g/mol. The van der Waals surface area contributed by atoms with Crippen LogP contribution in [0.1, 0.15) is 5.56 Å². The van der Waals surface area contributed by atoms with Gasteiger partial charge in [0.15, 0.2) is 5.52 Å². The fourth-order valence-corrected chi connectivity index (χ4v) is 3.14. The van der Waals surface area contributed by atoms with Gasteiger partial charge in [-0.3, -0.25) is 4.79 Å². The molecule has 0 saturated heterocycles. The van der Waals surface area contributed by atoms with Crippen molar-refractivity contribution in [3.05, 3.63) is 100.0 Å². The van der Waals surface area contributed by atoms with Crippen molar-refractivity contribution >= 4 is 11.0 Å². The zero-order chi connectivity index (χ0) is 19.5. The SMILES string of the molecule is COc1ccccc1COn1c(=O)c(-c2ccccc2)[n+]([O-])c2ccccc21. The first-order valence-electron chi connectivity index (χ1n) is 8.78. The van der Waals surface area contributed by atoms with E-state index in [0.29, 0.717) is 27.1 Å². The van der Waals surface area contributed by atoms with Crippen molar-refractivity contribution in [2.24, 2.45) is 0 Å². The predicted molar refractivity (Wildman–Crippen MR) is 106 cm³/mol. The highest BCUT2D eigenvalue weighted by molar-refractivity contribution is 5.73. The second kappa shape index (κ2) is 7.44. The van der Waals surface area contributed by atoms with E-state index in [2.05, 4.69) is 0 Å². The number of fused-ring (bicyclic) bond motifs is 1. The van der Waals surface area contributed by atoms with Crippen LogP contribution in [-0.2, 0) is 6.61 Å². The van der Waals surface area contributed by atoms with E-state index in [1.54, 1.807) is 55.6 Å². The van der Waals surface area contributed by atoms with Crippen LogP contribution in [0.5, 0.6) is 5.75 Å². The molecule has 0 saturated carbocycles. The smallest absolute Gasteiger partial charge is 0.357 e. The van der Waals surface area contributed by atoms with Gasteiger partial charge in [0.1, 0.15) is 12.4 Å². The maximum absolute atomic E-state index is 13.2. The molecule has 0 unspecified atom stereocenters. The lowest BCUT2D eigenvalue weighted by atomic mass is 10.1. The molecule has 6 heteroatoms. The standard InChI is InChI=1S/C22H18N2O4/c1-27-20-14-8-5-11-17(20)15-28-24-19-13-7-6-12-18(19)23(26)21(22(24)25)16-9-3-2-4-10-16/h2-14H,15H2,1H3. The molecule has 28 heavy (non-hydrogen) atoms. The number of aromatic nitrogens is 2. The molecule has 140 valence electrons. The largest absolute Gasteiger partial charge is 0.618 e. The molecule has 0 fully saturated rings. The van der Waals surface area contributed by atoms with Crippen LogP contribution in [0, 0.1) is 5.21 Å². The maximum Gasteiger partial charge on any atom is 0.357 e. The number of methoxy groups -OCH3 is 1. The quantitative estimate of drug-likeness (QED) is 0.398. The van der Waals surface area contributed by atoms with Gasteiger partial charge in [-0.15, -0.1) is 4.73 Å². The minimum Gasteiger partial charge on any atom is -0.618 e. The molecule has 3 aromatic carbocycles. The Morgan fingerprint density at radius 3 is 2.39 bits per heavy atom. The number of nitrogens with zero attached hydrogens (tertiary/aromatic N) is 2. The van der Waals surface area contributed by atoms with Gasteiger partial charge in [-0.1, -0.05) is 48.5 Å². The summed E-state index contributed by atoms with van der Waals surface area (Å²) in [5.41, 5.74) is 1.57. The summed E-state index contributed by atoms with van der Waals surface area (Å²) in [5.74, 6) is 0.665. The molecule has 0 N–H and O–H groups in total. The summed E-state index contributed by atoms with van der Waals surface area (Å²) < 4.78 is 7.18. The Morgan fingerprint density at radius 1 is 0.929 bits per heavy atom. The van der Waals surface area contributed by atoms with Crippen molar-refractivity contribution < 1.29 is 14.3 Å². The molecule has 0 aliphatic carbocycles. The average molecular weight is 374 g/mol. The van der Waals surface area contributed by atoms with Crippen LogP contribution in [0.15, 0.2) is 83.7 Å². The second-order valence-corrected chi connectivity index (χ2v) is 6.18. The van der Waals surface area contributed by atoms with E-state index in [0.717, 1.165) is 5.56 Å². The lowest BCUT2D eigenvalue weighted by Crippen LogP contribution is -2.42. The summed E-state index contributed by atoms with van der Waals surface area (Å²) >= 11 is 0. The van der Waals surface area contributed by atoms with E-state index in [4.69, 9.17) is 9.57 Å². The third-order valence-corrected chi connectivity index (χ3v) is 4.50. The Balaban J connectivity index is 1.87. The molecular weight excluding hydrogens is 356 g/mol. The zero-order valence-corrected chi connectivity index (χ0v) is 15.2. The molecule has 6 nitrogen and oxygen atoms in total. The topological polar surface area (TPSA) is 67.4 Å². The van der Waals surface area contributed by atoms with E-state index in [1.807, 2.05) is 30.3 Å². The molecule has 0 radical (unpaired) electrons. The number of hydrogen-bond donors (Lipinski definition) is 0. The summed E-state index contributed by atoms with van der Waals surface area (Å²) in [6.07, 6.45) is 0. The molecule has 4 aromatic rings. The zero-order valence-electron chi connectivity index (χ0n) is 15.2. The first-order valence-corrected chi connectivity index (χ1v) is 8.78.